The zero-order valence-electron chi connectivity index (χ0n) is 63.8. The van der Waals surface area contributed by atoms with Crippen molar-refractivity contribution in [2.24, 2.45) is 41.4 Å². The fourth-order valence-corrected chi connectivity index (χ4v) is 17.4. The van der Waals surface area contributed by atoms with E-state index in [9.17, 15) is 41.9 Å². The number of carbonyl (C=O) groups is 12. The van der Waals surface area contributed by atoms with Gasteiger partial charge in [0.25, 0.3) is 0 Å². The molecule has 4 aliphatic carbocycles. The van der Waals surface area contributed by atoms with Gasteiger partial charge in [-0.25, -0.2) is 8.78 Å². The van der Waals surface area contributed by atoms with Gasteiger partial charge in [-0.2, -0.15) is 13.2 Å². The van der Waals surface area contributed by atoms with Gasteiger partial charge >= 0.3 is 6.18 Å². The molecule has 586 valence electrons. The summed E-state index contributed by atoms with van der Waals surface area (Å²) in [5, 5.41) is 8.70. The summed E-state index contributed by atoms with van der Waals surface area (Å²) >= 11 is 0. The molecule has 0 aromatic heterocycles. The van der Waals surface area contributed by atoms with E-state index in [-0.39, 0.29) is 76.3 Å². The van der Waals surface area contributed by atoms with Crippen LogP contribution in [0.1, 0.15) is 195 Å². The van der Waals surface area contributed by atoms with E-state index in [2.05, 4.69) is 22.9 Å². The summed E-state index contributed by atoms with van der Waals surface area (Å²) in [5.41, 5.74) is -1.63. The van der Waals surface area contributed by atoms with Crippen LogP contribution in [0.5, 0.6) is 0 Å². The Bertz CT molecular complexity index is 3070. The topological polar surface area (TPSA) is 270 Å². The lowest BCUT2D eigenvalue weighted by atomic mass is 9.76. The Morgan fingerprint density at radius 1 is 0.635 bits per heavy atom. The first kappa shape index (κ1) is 84.3. The number of halogens is 5. The molecule has 104 heavy (non-hydrogen) atoms. The van der Waals surface area contributed by atoms with E-state index < -0.39 is 199 Å². The summed E-state index contributed by atoms with van der Waals surface area (Å²) in [5.74, 6) is -12.9. The molecule has 7 aliphatic rings. The second-order valence-electron chi connectivity index (χ2n) is 31.7. The Kier molecular flexibility index (Phi) is 30.0. The molecule has 24 nitrogen and oxygen atoms in total. The van der Waals surface area contributed by atoms with E-state index in [1.54, 1.807) is 19.9 Å². The van der Waals surface area contributed by atoms with Crippen molar-refractivity contribution in [3.63, 3.8) is 0 Å². The molecule has 12 amide bonds. The van der Waals surface area contributed by atoms with Gasteiger partial charge in [0.2, 0.25) is 70.9 Å². The molecule has 6 fully saturated rings. The molecular formula is C75H119F5N12O12. The van der Waals surface area contributed by atoms with Crippen LogP contribution in [0.25, 0.3) is 0 Å². The van der Waals surface area contributed by atoms with Crippen LogP contribution in [0.15, 0.2) is 12.2 Å². The van der Waals surface area contributed by atoms with Crippen LogP contribution in [0.2, 0.25) is 0 Å². The maximum absolute atomic E-state index is 15.7. The van der Waals surface area contributed by atoms with Crippen molar-refractivity contribution in [2.75, 3.05) is 82.6 Å². The zero-order valence-corrected chi connectivity index (χ0v) is 63.8. The number of amides is 12. The highest BCUT2D eigenvalue weighted by molar-refractivity contribution is 6.01. The highest BCUT2D eigenvalue weighted by Crippen LogP contribution is 2.45. The predicted molar refractivity (Wildman–Crippen MR) is 379 cm³/mol. The van der Waals surface area contributed by atoms with Crippen LogP contribution in [-0.4, -0.2) is 270 Å². The van der Waals surface area contributed by atoms with E-state index >= 15 is 37.5 Å². The van der Waals surface area contributed by atoms with Gasteiger partial charge in [-0.15, -0.1) is 0 Å². The van der Waals surface area contributed by atoms with Crippen LogP contribution in [-0.2, 0) is 57.5 Å². The first-order valence-corrected chi connectivity index (χ1v) is 38.3. The standard InChI is InChI=1S/C75H119F5N12O12/c1-14-24-49-40-56-66(97)83-74(34-21-22-35-74)73(104)90(13)64(50-25-19-20-26-50)72(103)89(12)57(68(99)84(6)7)41-60(94)87(10)54(16-3)65(96)82-63(46(5)15-2)71(102)86(9)44-61(95)88(11)55-27-18-17-23-36-91(70(55)101)58(39-47-30-28-45(4)29-31-47)69(100)85(8)43-59(93)81-53(67(98)92(56)42-49)33-32-48-37-51(76)62(52(77)38-48)75(78,79)80/h17-18,45-58,62-64H,14-16,19-44H2,1-13H3,(H,81,93)(H,82,96)(H,83,97)/b18-17-/t45?,46-,47?,48?,49+,51?,52?,53-,54-,55-,56-,57-,58-,62?,63-,64-/m0/s1. The molecule has 2 unspecified atom stereocenters. The predicted octanol–water partition coefficient (Wildman–Crippen LogP) is 6.57. The van der Waals surface area contributed by atoms with Crippen LogP contribution in [0, 0.1) is 41.4 Å². The monoisotopic (exact) mass is 1470 g/mol. The maximum atomic E-state index is 15.7. The summed E-state index contributed by atoms with van der Waals surface area (Å²) in [6.07, 6.45) is -0.176. The van der Waals surface area contributed by atoms with Crippen molar-refractivity contribution in [3.05, 3.63) is 12.2 Å². The van der Waals surface area contributed by atoms with Gasteiger partial charge < -0.3 is 60.0 Å². The lowest BCUT2D eigenvalue weighted by Crippen LogP contribution is -2.65. The molecule has 2 bridgehead atoms. The second kappa shape index (κ2) is 37.0. The van der Waals surface area contributed by atoms with Gasteiger partial charge in [-0.05, 0) is 125 Å². The fourth-order valence-electron chi connectivity index (χ4n) is 17.4. The third-order valence-electron chi connectivity index (χ3n) is 24.1. The summed E-state index contributed by atoms with van der Waals surface area (Å²) < 4.78 is 72.9. The quantitative estimate of drug-likeness (QED) is 0.138. The number of nitrogens with one attached hydrogen (secondary N) is 3. The van der Waals surface area contributed by atoms with E-state index in [4.69, 9.17) is 0 Å². The van der Waals surface area contributed by atoms with Crippen LogP contribution in [0.3, 0.4) is 0 Å². The Labute approximate surface area is 611 Å². The number of alkyl halides is 5. The van der Waals surface area contributed by atoms with Gasteiger partial charge in [-0.3, -0.25) is 57.5 Å². The van der Waals surface area contributed by atoms with Gasteiger partial charge in [-0.1, -0.05) is 111 Å². The summed E-state index contributed by atoms with van der Waals surface area (Å²) in [4.78, 5) is 192. The van der Waals surface area contributed by atoms with Crippen molar-refractivity contribution in [1.82, 2.24) is 60.0 Å². The Hall–Kier alpha value is -6.97. The minimum atomic E-state index is -5.16. The lowest BCUT2D eigenvalue weighted by Gasteiger charge is -2.42. The van der Waals surface area contributed by atoms with E-state index in [0.717, 1.165) is 40.4 Å². The van der Waals surface area contributed by atoms with Gasteiger partial charge in [0.15, 0.2) is 0 Å². The van der Waals surface area contributed by atoms with E-state index in [0.29, 0.717) is 70.1 Å². The summed E-state index contributed by atoms with van der Waals surface area (Å²) in [6, 6.07) is -10.3. The fraction of sp³-hybridized carbons (Fsp3) is 0.813. The smallest absolute Gasteiger partial charge is 0.347 e. The number of fused-ring (bicyclic) bond motifs is 3. The molecule has 2 saturated heterocycles. The minimum Gasteiger partial charge on any atom is -0.347 e. The minimum absolute atomic E-state index is 0.00975. The number of carbonyl (C=O) groups excluding carboxylic acids is 12. The number of likely N-dealkylation sites (N-methyl/N-ethyl adjacent to an activating group) is 7. The molecule has 0 aromatic carbocycles. The normalized spacial score (nSPS) is 32.6. The van der Waals surface area contributed by atoms with Crippen molar-refractivity contribution in [3.8, 4) is 0 Å². The molecule has 1 spiro atoms. The van der Waals surface area contributed by atoms with Crippen molar-refractivity contribution in [2.45, 2.75) is 268 Å². The molecule has 3 heterocycles. The second-order valence-corrected chi connectivity index (χ2v) is 31.7. The van der Waals surface area contributed by atoms with Crippen molar-refractivity contribution in [1.29, 1.82) is 0 Å². The molecule has 12 atom stereocenters. The molecule has 3 N–H and O–H groups in total. The Balaban J connectivity index is 1.32. The largest absolute Gasteiger partial charge is 0.397 e. The van der Waals surface area contributed by atoms with Crippen LogP contribution in [0.4, 0.5) is 22.0 Å². The van der Waals surface area contributed by atoms with E-state index in [1.165, 1.54) is 85.8 Å². The SMILES string of the molecule is CCC[C@@H]1C[C@H]2C(=O)NC3(CCCC3)C(=O)N(C)[C@@H](C3CCCC3)C(=O)N(C)[C@H](C(=O)N(C)C)CC(=O)N(C)[C@@H](CC)C(=O)N[C@@H]([C@@H](C)CC)C(=O)N(C)CC(=O)N(C)[C@H]3C/C=C\CCN(C3=O)[C@@H](CC3CCC(C)CC3)C(=O)N(C)CC(=O)N[C@@H](CCC3CC(F)C(C(F)(F)F)C(F)C3)C(=O)N2C1. The number of rotatable bonds is 12. The third kappa shape index (κ3) is 20.2. The zero-order chi connectivity index (χ0) is 77.0. The third-order valence-corrected chi connectivity index (χ3v) is 24.1. The highest BCUT2D eigenvalue weighted by Gasteiger charge is 2.55. The molecule has 7 rings (SSSR count). The molecule has 4 saturated carbocycles. The van der Waals surface area contributed by atoms with Gasteiger partial charge in [0.1, 0.15) is 72.1 Å². The number of nitrogens with zero attached hydrogens (tertiary/aromatic N) is 9. The highest BCUT2D eigenvalue weighted by atomic mass is 19.4. The molecule has 3 aliphatic heterocycles. The molecule has 29 heteroatoms. The molecule has 0 radical (unpaired) electrons. The average molecular weight is 1480 g/mol. The molecular weight excluding hydrogens is 1360 g/mol. The van der Waals surface area contributed by atoms with Crippen molar-refractivity contribution < 1.29 is 79.5 Å². The van der Waals surface area contributed by atoms with Crippen LogP contribution < -0.4 is 16.0 Å². The first-order valence-electron chi connectivity index (χ1n) is 38.3. The first-order chi connectivity index (χ1) is 49.0. The Morgan fingerprint density at radius 2 is 1.26 bits per heavy atom. The summed E-state index contributed by atoms with van der Waals surface area (Å²) in [7, 11) is 11.4. The van der Waals surface area contributed by atoms with Gasteiger partial charge in [0, 0.05) is 69.5 Å². The molecule has 0 aromatic rings. The maximum Gasteiger partial charge on any atom is 0.397 e. The van der Waals surface area contributed by atoms with E-state index in [1.807, 2.05) is 19.9 Å². The van der Waals surface area contributed by atoms with Gasteiger partial charge in [0.05, 0.1) is 19.5 Å². The lowest BCUT2D eigenvalue weighted by molar-refractivity contribution is -0.219. The summed E-state index contributed by atoms with van der Waals surface area (Å²) in [6.45, 7) is 8.07. The average Bonchev–Trinajstić information content (AvgIpc) is 1.50. The number of hydrogen-bond acceptors (Lipinski definition) is 12. The van der Waals surface area contributed by atoms with Crippen LogP contribution >= 0.6 is 0 Å². The Morgan fingerprint density at radius 3 is 1.85 bits per heavy atom. The van der Waals surface area contributed by atoms with Crippen molar-refractivity contribution >= 4 is 70.9 Å². The number of hydrogen-bond donors (Lipinski definition) is 3.